The maximum atomic E-state index is 11.8. The van der Waals surface area contributed by atoms with Crippen LogP contribution in [0.1, 0.15) is 41.2 Å². The SMILES string of the molecule is CNC(=O)c1cnn([C@@H]2CCCN(Cc3cccc(-c4ccccc4OC)c3)CC2)c1. The van der Waals surface area contributed by atoms with E-state index in [4.69, 9.17) is 4.74 Å². The monoisotopic (exact) mass is 418 g/mol. The summed E-state index contributed by atoms with van der Waals surface area (Å²) in [7, 11) is 3.36. The van der Waals surface area contributed by atoms with E-state index in [1.165, 1.54) is 11.1 Å². The Kier molecular flexibility index (Phi) is 6.67. The van der Waals surface area contributed by atoms with Gasteiger partial charge in [-0.05, 0) is 49.1 Å². The molecular formula is C25H30N4O2. The van der Waals surface area contributed by atoms with Crippen molar-refractivity contribution in [3.05, 3.63) is 72.1 Å². The van der Waals surface area contributed by atoms with Gasteiger partial charge in [0, 0.05) is 31.9 Å². The second-order valence-corrected chi connectivity index (χ2v) is 8.05. The van der Waals surface area contributed by atoms with Gasteiger partial charge in [0.2, 0.25) is 0 Å². The van der Waals surface area contributed by atoms with Crippen LogP contribution in [0.4, 0.5) is 0 Å². The fourth-order valence-corrected chi connectivity index (χ4v) is 4.34. The zero-order valence-electron chi connectivity index (χ0n) is 18.3. The molecule has 0 aliphatic carbocycles. The van der Waals surface area contributed by atoms with Crippen molar-refractivity contribution in [2.45, 2.75) is 31.8 Å². The lowest BCUT2D eigenvalue weighted by Crippen LogP contribution is -2.24. The Hall–Kier alpha value is -3.12. The van der Waals surface area contributed by atoms with Crippen LogP contribution in [-0.2, 0) is 6.54 Å². The van der Waals surface area contributed by atoms with Crippen LogP contribution in [0.5, 0.6) is 5.75 Å². The molecule has 0 spiro atoms. The van der Waals surface area contributed by atoms with Crippen molar-refractivity contribution in [2.75, 3.05) is 27.2 Å². The Labute approximate surface area is 183 Å². The van der Waals surface area contributed by atoms with E-state index < -0.39 is 0 Å². The summed E-state index contributed by atoms with van der Waals surface area (Å²) in [6.45, 7) is 3.01. The Morgan fingerprint density at radius 1 is 1.16 bits per heavy atom. The number of hydrogen-bond acceptors (Lipinski definition) is 4. The van der Waals surface area contributed by atoms with Crippen molar-refractivity contribution < 1.29 is 9.53 Å². The molecule has 31 heavy (non-hydrogen) atoms. The summed E-state index contributed by atoms with van der Waals surface area (Å²) in [6.07, 6.45) is 6.75. The Balaban J connectivity index is 1.42. The van der Waals surface area contributed by atoms with E-state index in [2.05, 4.69) is 45.6 Å². The number of aromatic nitrogens is 2. The number of carbonyl (C=O) groups excluding carboxylic acids is 1. The van der Waals surface area contributed by atoms with Crippen LogP contribution in [0.2, 0.25) is 0 Å². The largest absolute Gasteiger partial charge is 0.496 e. The predicted molar refractivity (Wildman–Crippen MR) is 122 cm³/mol. The van der Waals surface area contributed by atoms with Crippen molar-refractivity contribution in [3.63, 3.8) is 0 Å². The normalized spacial score (nSPS) is 17.2. The van der Waals surface area contributed by atoms with Gasteiger partial charge in [0.25, 0.3) is 5.91 Å². The van der Waals surface area contributed by atoms with Gasteiger partial charge in [0.15, 0.2) is 0 Å². The van der Waals surface area contributed by atoms with Gasteiger partial charge in [-0.15, -0.1) is 0 Å². The van der Waals surface area contributed by atoms with Crippen molar-refractivity contribution in [2.24, 2.45) is 0 Å². The number of para-hydroxylation sites is 1. The average molecular weight is 419 g/mol. The highest BCUT2D eigenvalue weighted by atomic mass is 16.5. The molecule has 1 aliphatic rings. The minimum atomic E-state index is -0.0866. The number of benzene rings is 2. The Morgan fingerprint density at radius 2 is 2.03 bits per heavy atom. The van der Waals surface area contributed by atoms with E-state index >= 15 is 0 Å². The smallest absolute Gasteiger partial charge is 0.254 e. The zero-order chi connectivity index (χ0) is 21.6. The minimum absolute atomic E-state index is 0.0866. The summed E-state index contributed by atoms with van der Waals surface area (Å²) in [5.41, 5.74) is 4.23. The van der Waals surface area contributed by atoms with Gasteiger partial charge in [0.05, 0.1) is 24.9 Å². The van der Waals surface area contributed by atoms with E-state index in [9.17, 15) is 4.79 Å². The molecule has 1 aromatic heterocycles. The number of nitrogens with zero attached hydrogens (tertiary/aromatic N) is 3. The highest BCUT2D eigenvalue weighted by Crippen LogP contribution is 2.30. The molecule has 2 aromatic carbocycles. The second kappa shape index (κ2) is 9.79. The van der Waals surface area contributed by atoms with Gasteiger partial charge in [-0.2, -0.15) is 5.10 Å². The number of rotatable bonds is 6. The molecule has 4 rings (SSSR count). The topological polar surface area (TPSA) is 59.4 Å². The van der Waals surface area contributed by atoms with Gasteiger partial charge >= 0.3 is 0 Å². The lowest BCUT2D eigenvalue weighted by Gasteiger charge is -2.21. The fraction of sp³-hybridized carbons (Fsp3) is 0.360. The van der Waals surface area contributed by atoms with E-state index in [-0.39, 0.29) is 5.91 Å². The van der Waals surface area contributed by atoms with Crippen LogP contribution < -0.4 is 10.1 Å². The summed E-state index contributed by atoms with van der Waals surface area (Å²) in [4.78, 5) is 14.3. The molecule has 0 saturated carbocycles. The molecule has 0 radical (unpaired) electrons. The maximum absolute atomic E-state index is 11.8. The summed E-state index contributed by atoms with van der Waals surface area (Å²) < 4.78 is 7.51. The lowest BCUT2D eigenvalue weighted by atomic mass is 10.0. The summed E-state index contributed by atoms with van der Waals surface area (Å²) >= 11 is 0. The molecule has 1 amide bonds. The number of hydrogen-bond donors (Lipinski definition) is 1. The number of carbonyl (C=O) groups is 1. The molecule has 0 unspecified atom stereocenters. The molecule has 1 N–H and O–H groups in total. The molecule has 1 atom stereocenters. The third-order valence-electron chi connectivity index (χ3n) is 6.01. The van der Waals surface area contributed by atoms with Gasteiger partial charge in [-0.25, -0.2) is 0 Å². The molecule has 3 aromatic rings. The standard InChI is InChI=1S/C25H30N4O2/c1-26-25(30)21-16-27-29(18-21)22-9-6-13-28(14-12-22)17-19-7-5-8-20(15-19)23-10-3-4-11-24(23)31-2/h3-5,7-8,10-11,15-16,18,22H,6,9,12-14,17H2,1-2H3,(H,26,30)/t22-/m1/s1. The van der Waals surface area contributed by atoms with Crippen molar-refractivity contribution in [3.8, 4) is 16.9 Å². The van der Waals surface area contributed by atoms with Crippen LogP contribution in [0.15, 0.2) is 60.9 Å². The van der Waals surface area contributed by atoms with E-state index in [1.54, 1.807) is 20.4 Å². The van der Waals surface area contributed by atoms with E-state index in [1.807, 2.05) is 29.1 Å². The van der Waals surface area contributed by atoms with Gasteiger partial charge in [-0.1, -0.05) is 36.4 Å². The van der Waals surface area contributed by atoms with Crippen LogP contribution in [0.3, 0.4) is 0 Å². The number of nitrogens with one attached hydrogen (secondary N) is 1. The number of amides is 1. The number of ether oxygens (including phenoxy) is 1. The number of likely N-dealkylation sites (tertiary alicyclic amines) is 1. The Morgan fingerprint density at radius 3 is 2.87 bits per heavy atom. The van der Waals surface area contributed by atoms with Crippen LogP contribution >= 0.6 is 0 Å². The second-order valence-electron chi connectivity index (χ2n) is 8.05. The van der Waals surface area contributed by atoms with Crippen molar-refractivity contribution >= 4 is 5.91 Å². The highest BCUT2D eigenvalue weighted by Gasteiger charge is 2.20. The summed E-state index contributed by atoms with van der Waals surface area (Å²) in [5, 5.41) is 7.11. The van der Waals surface area contributed by atoms with Crippen molar-refractivity contribution in [1.82, 2.24) is 20.0 Å². The summed E-state index contributed by atoms with van der Waals surface area (Å²) in [5.74, 6) is 0.809. The molecule has 6 heteroatoms. The zero-order valence-corrected chi connectivity index (χ0v) is 18.3. The highest BCUT2D eigenvalue weighted by molar-refractivity contribution is 5.93. The first-order valence-electron chi connectivity index (χ1n) is 10.9. The molecule has 2 heterocycles. The predicted octanol–water partition coefficient (Wildman–Crippen LogP) is 4.15. The number of methoxy groups -OCH3 is 1. The molecule has 1 aliphatic heterocycles. The van der Waals surface area contributed by atoms with Crippen LogP contribution in [0, 0.1) is 0 Å². The molecule has 0 bridgehead atoms. The molecule has 1 saturated heterocycles. The fourth-order valence-electron chi connectivity index (χ4n) is 4.34. The first-order valence-corrected chi connectivity index (χ1v) is 10.9. The van der Waals surface area contributed by atoms with Gasteiger partial charge in [0.1, 0.15) is 5.75 Å². The average Bonchev–Trinajstić information content (AvgIpc) is 3.19. The molecular weight excluding hydrogens is 388 g/mol. The molecule has 1 fully saturated rings. The van der Waals surface area contributed by atoms with Crippen molar-refractivity contribution in [1.29, 1.82) is 0 Å². The van der Waals surface area contributed by atoms with Gasteiger partial charge < -0.3 is 10.1 Å². The lowest BCUT2D eigenvalue weighted by molar-refractivity contribution is 0.0963. The minimum Gasteiger partial charge on any atom is -0.496 e. The first kappa shape index (κ1) is 21.1. The first-order chi connectivity index (χ1) is 15.2. The van der Waals surface area contributed by atoms with Crippen LogP contribution in [-0.4, -0.2) is 47.8 Å². The Bertz CT molecular complexity index is 1030. The summed E-state index contributed by atoms with van der Waals surface area (Å²) in [6, 6.07) is 17.2. The molecule has 6 nitrogen and oxygen atoms in total. The van der Waals surface area contributed by atoms with E-state index in [0.29, 0.717) is 11.6 Å². The van der Waals surface area contributed by atoms with Gasteiger partial charge in [-0.3, -0.25) is 14.4 Å². The third kappa shape index (κ3) is 4.97. The quantitative estimate of drug-likeness (QED) is 0.653. The molecule has 162 valence electrons. The third-order valence-corrected chi connectivity index (χ3v) is 6.01. The van der Waals surface area contributed by atoms with E-state index in [0.717, 1.165) is 50.2 Å². The van der Waals surface area contributed by atoms with Crippen LogP contribution in [0.25, 0.3) is 11.1 Å². The maximum Gasteiger partial charge on any atom is 0.254 e.